The molecule has 2 fully saturated rings. The Morgan fingerprint density at radius 3 is 2.74 bits per heavy atom. The van der Waals surface area contributed by atoms with E-state index in [1.54, 1.807) is 0 Å². The summed E-state index contributed by atoms with van der Waals surface area (Å²) in [6, 6.07) is 6.09. The number of amides is 1. The lowest BCUT2D eigenvalue weighted by Gasteiger charge is -2.34. The Bertz CT molecular complexity index is 603. The van der Waals surface area contributed by atoms with E-state index in [1.165, 1.54) is 31.2 Å². The molecule has 1 saturated heterocycles. The van der Waals surface area contributed by atoms with Crippen molar-refractivity contribution in [2.45, 2.75) is 50.4 Å². The van der Waals surface area contributed by atoms with Gasteiger partial charge in [0.1, 0.15) is 0 Å². The molecule has 0 aromatic heterocycles. The number of hydrogen-bond donors (Lipinski definition) is 1. The van der Waals surface area contributed by atoms with Crippen LogP contribution in [0.15, 0.2) is 18.2 Å². The second kappa shape index (κ2) is 6.10. The highest BCUT2D eigenvalue weighted by molar-refractivity contribution is 6.30. The highest BCUT2D eigenvalue weighted by Gasteiger charge is 2.45. The van der Waals surface area contributed by atoms with Gasteiger partial charge in [0, 0.05) is 29.1 Å². The molecule has 4 rings (SSSR count). The number of anilines is 1. The van der Waals surface area contributed by atoms with Crippen LogP contribution in [0.2, 0.25) is 5.02 Å². The van der Waals surface area contributed by atoms with Crippen molar-refractivity contribution in [2.75, 3.05) is 24.5 Å². The predicted molar refractivity (Wildman–Crippen MR) is 94.2 cm³/mol. The summed E-state index contributed by atoms with van der Waals surface area (Å²) in [7, 11) is 0. The summed E-state index contributed by atoms with van der Waals surface area (Å²) in [6.07, 6.45) is 7.93. The highest BCUT2D eigenvalue weighted by atomic mass is 35.5. The largest absolute Gasteiger partial charge is 0.317 e. The SMILES string of the molecule is O=C(CC1CCCC1)N1CC2(CCNCC2)c2cc(Cl)ccc21. The number of benzene rings is 1. The molecule has 23 heavy (non-hydrogen) atoms. The van der Waals surface area contributed by atoms with Crippen molar-refractivity contribution >= 4 is 23.2 Å². The van der Waals surface area contributed by atoms with Gasteiger partial charge >= 0.3 is 0 Å². The molecule has 4 heteroatoms. The molecule has 1 amide bonds. The number of halogens is 1. The molecular weight excluding hydrogens is 308 g/mol. The van der Waals surface area contributed by atoms with Crippen molar-refractivity contribution in [1.29, 1.82) is 0 Å². The number of rotatable bonds is 2. The maximum atomic E-state index is 13.0. The first kappa shape index (κ1) is 15.5. The number of hydrogen-bond acceptors (Lipinski definition) is 2. The molecule has 124 valence electrons. The van der Waals surface area contributed by atoms with Crippen LogP contribution in [-0.4, -0.2) is 25.5 Å². The summed E-state index contributed by atoms with van der Waals surface area (Å²) < 4.78 is 0. The van der Waals surface area contributed by atoms with Gasteiger partial charge in [-0.1, -0.05) is 24.4 Å². The van der Waals surface area contributed by atoms with Crippen LogP contribution in [0.5, 0.6) is 0 Å². The summed E-state index contributed by atoms with van der Waals surface area (Å²) in [4.78, 5) is 15.0. The fourth-order valence-corrected chi connectivity index (χ4v) is 4.94. The minimum Gasteiger partial charge on any atom is -0.317 e. The number of nitrogens with zero attached hydrogens (tertiary/aromatic N) is 1. The van der Waals surface area contributed by atoms with Crippen LogP contribution in [0.25, 0.3) is 0 Å². The van der Waals surface area contributed by atoms with Crippen LogP contribution in [0.4, 0.5) is 5.69 Å². The first-order valence-corrected chi connectivity index (χ1v) is 9.37. The summed E-state index contributed by atoms with van der Waals surface area (Å²) in [5.74, 6) is 0.915. The van der Waals surface area contributed by atoms with Crippen LogP contribution >= 0.6 is 11.6 Å². The molecule has 3 nitrogen and oxygen atoms in total. The monoisotopic (exact) mass is 332 g/mol. The van der Waals surface area contributed by atoms with Crippen LogP contribution in [0.1, 0.15) is 50.5 Å². The fraction of sp³-hybridized carbons (Fsp3) is 0.632. The van der Waals surface area contributed by atoms with E-state index in [2.05, 4.69) is 22.3 Å². The van der Waals surface area contributed by atoms with E-state index in [9.17, 15) is 4.79 Å². The summed E-state index contributed by atoms with van der Waals surface area (Å²) in [5.41, 5.74) is 2.52. The van der Waals surface area contributed by atoms with E-state index in [-0.39, 0.29) is 5.41 Å². The summed E-state index contributed by atoms with van der Waals surface area (Å²) >= 11 is 6.27. The maximum absolute atomic E-state index is 13.0. The molecule has 2 heterocycles. The van der Waals surface area contributed by atoms with Gasteiger partial charge in [0.25, 0.3) is 0 Å². The molecule has 2 aliphatic heterocycles. The Hall–Kier alpha value is -1.06. The highest BCUT2D eigenvalue weighted by Crippen LogP contribution is 2.47. The molecule has 0 bridgehead atoms. The van der Waals surface area contributed by atoms with Crippen molar-refractivity contribution in [3.8, 4) is 0 Å². The molecule has 1 saturated carbocycles. The van der Waals surface area contributed by atoms with Crippen molar-refractivity contribution in [3.63, 3.8) is 0 Å². The summed E-state index contributed by atoms with van der Waals surface area (Å²) in [6.45, 7) is 2.89. The zero-order valence-corrected chi connectivity index (χ0v) is 14.4. The zero-order chi connectivity index (χ0) is 15.9. The van der Waals surface area contributed by atoms with E-state index < -0.39 is 0 Å². The van der Waals surface area contributed by atoms with Gasteiger partial charge in [0.05, 0.1) is 0 Å². The maximum Gasteiger partial charge on any atom is 0.227 e. The Morgan fingerprint density at radius 2 is 2.00 bits per heavy atom. The van der Waals surface area contributed by atoms with E-state index in [1.807, 2.05) is 6.07 Å². The third-order valence-corrected chi connectivity index (χ3v) is 6.32. The van der Waals surface area contributed by atoms with Gasteiger partial charge in [-0.25, -0.2) is 0 Å². The third kappa shape index (κ3) is 2.78. The fourth-order valence-electron chi connectivity index (χ4n) is 4.77. The molecule has 1 N–H and O–H groups in total. The zero-order valence-electron chi connectivity index (χ0n) is 13.6. The minimum absolute atomic E-state index is 0.108. The van der Waals surface area contributed by atoms with Crippen molar-refractivity contribution < 1.29 is 4.79 Å². The van der Waals surface area contributed by atoms with Gasteiger partial charge < -0.3 is 10.2 Å². The molecule has 1 aromatic rings. The van der Waals surface area contributed by atoms with Crippen LogP contribution in [0.3, 0.4) is 0 Å². The number of nitrogens with one attached hydrogen (secondary N) is 1. The Kier molecular flexibility index (Phi) is 4.10. The van der Waals surface area contributed by atoms with Gasteiger partial charge in [0.2, 0.25) is 5.91 Å². The quantitative estimate of drug-likeness (QED) is 0.891. The Balaban J connectivity index is 1.63. The van der Waals surface area contributed by atoms with Gasteiger partial charge in [-0.15, -0.1) is 0 Å². The molecule has 0 unspecified atom stereocenters. The second-order valence-corrected chi connectivity index (χ2v) is 7.96. The lowest BCUT2D eigenvalue weighted by molar-refractivity contribution is -0.119. The predicted octanol–water partition coefficient (Wildman–Crippen LogP) is 3.89. The summed E-state index contributed by atoms with van der Waals surface area (Å²) in [5, 5.41) is 4.23. The molecule has 1 spiro atoms. The number of carbonyl (C=O) groups is 1. The van der Waals surface area contributed by atoms with Crippen LogP contribution in [0, 0.1) is 5.92 Å². The average Bonchev–Trinajstić information content (AvgIpc) is 3.16. The minimum atomic E-state index is 0.108. The molecule has 1 aromatic carbocycles. The number of carbonyl (C=O) groups excluding carboxylic acids is 1. The topological polar surface area (TPSA) is 32.3 Å². The van der Waals surface area contributed by atoms with Gasteiger partial charge in [-0.3, -0.25) is 4.79 Å². The molecular formula is C19H25ClN2O. The van der Waals surface area contributed by atoms with Gasteiger partial charge in [-0.2, -0.15) is 0 Å². The number of piperidine rings is 1. The van der Waals surface area contributed by atoms with Crippen LogP contribution < -0.4 is 10.2 Å². The van der Waals surface area contributed by atoms with E-state index in [4.69, 9.17) is 11.6 Å². The second-order valence-electron chi connectivity index (χ2n) is 7.53. The third-order valence-electron chi connectivity index (χ3n) is 6.08. The smallest absolute Gasteiger partial charge is 0.227 e. The molecule has 0 radical (unpaired) electrons. The van der Waals surface area contributed by atoms with E-state index in [0.29, 0.717) is 11.8 Å². The van der Waals surface area contributed by atoms with E-state index >= 15 is 0 Å². The van der Waals surface area contributed by atoms with Crippen molar-refractivity contribution in [1.82, 2.24) is 5.32 Å². The van der Waals surface area contributed by atoms with Gasteiger partial charge in [0.15, 0.2) is 0 Å². The van der Waals surface area contributed by atoms with Gasteiger partial charge in [-0.05, 0) is 68.5 Å². The first-order valence-electron chi connectivity index (χ1n) is 8.99. The van der Waals surface area contributed by atoms with Crippen molar-refractivity contribution in [2.24, 2.45) is 5.92 Å². The first-order chi connectivity index (χ1) is 11.2. The standard InChI is InChI=1S/C19H25ClN2O/c20-15-5-6-17-16(12-15)19(7-9-21-10-8-19)13-22(17)18(23)11-14-3-1-2-4-14/h5-6,12,14,21H,1-4,7-11,13H2. The normalized spacial score (nSPS) is 23.4. The average molecular weight is 333 g/mol. The number of fused-ring (bicyclic) bond motifs is 2. The van der Waals surface area contributed by atoms with E-state index in [0.717, 1.165) is 49.6 Å². The molecule has 1 aliphatic carbocycles. The molecule has 3 aliphatic rings. The lowest BCUT2D eigenvalue weighted by Crippen LogP contribution is -2.44. The molecule has 0 atom stereocenters. The van der Waals surface area contributed by atoms with Crippen LogP contribution in [-0.2, 0) is 10.2 Å². The van der Waals surface area contributed by atoms with Crippen molar-refractivity contribution in [3.05, 3.63) is 28.8 Å². The lowest BCUT2D eigenvalue weighted by atomic mass is 9.75. The Labute approximate surface area is 143 Å². The Morgan fingerprint density at radius 1 is 1.26 bits per heavy atom.